The molecule has 0 aliphatic carbocycles. The van der Waals surface area contributed by atoms with E-state index in [2.05, 4.69) is 5.32 Å². The Kier molecular flexibility index (Phi) is 3.86. The summed E-state index contributed by atoms with van der Waals surface area (Å²) in [5, 5.41) is 3.92. The minimum Gasteiger partial charge on any atom is -0.456 e. The molecule has 5 heteroatoms. The number of anilines is 2. The van der Waals surface area contributed by atoms with E-state index in [4.69, 9.17) is 21.1 Å². The van der Waals surface area contributed by atoms with Gasteiger partial charge in [0.2, 0.25) is 0 Å². The predicted molar refractivity (Wildman–Crippen MR) is 119 cm³/mol. The van der Waals surface area contributed by atoms with Crippen molar-refractivity contribution >= 4 is 28.9 Å². The Morgan fingerprint density at radius 2 is 1.35 bits per heavy atom. The number of ether oxygens (including phenoxy) is 2. The van der Waals surface area contributed by atoms with E-state index in [9.17, 15) is 4.79 Å². The highest BCUT2D eigenvalue weighted by molar-refractivity contribution is 6.34. The van der Waals surface area contributed by atoms with Crippen molar-refractivity contribution in [1.82, 2.24) is 0 Å². The van der Waals surface area contributed by atoms with Crippen LogP contribution in [0.2, 0.25) is 5.02 Å². The number of hydrogen-bond acceptors (Lipinski definition) is 4. The maximum atomic E-state index is 13.1. The summed E-state index contributed by atoms with van der Waals surface area (Å²) in [6.07, 6.45) is 0. The van der Waals surface area contributed by atoms with Gasteiger partial charge in [-0.2, -0.15) is 0 Å². The van der Waals surface area contributed by atoms with E-state index < -0.39 is 11.6 Å². The van der Waals surface area contributed by atoms with Crippen LogP contribution in [0.3, 0.4) is 0 Å². The van der Waals surface area contributed by atoms with Gasteiger partial charge in [0.25, 0.3) is 0 Å². The van der Waals surface area contributed by atoms with Crippen molar-refractivity contribution in [2.45, 2.75) is 5.60 Å². The van der Waals surface area contributed by atoms with Crippen molar-refractivity contribution in [1.29, 1.82) is 0 Å². The maximum Gasteiger partial charge on any atom is 0.340 e. The number of halogens is 1. The average Bonchev–Trinajstić information content (AvgIpc) is 3.10. The first-order valence-electron chi connectivity index (χ1n) is 9.94. The summed E-state index contributed by atoms with van der Waals surface area (Å²) in [7, 11) is 0. The Morgan fingerprint density at radius 1 is 0.742 bits per heavy atom. The SMILES string of the molecule is O=C1OC2(c3ccccc3Oc3ccccc32)c2c1ccc(Cl)c2Nc1ccccc1. The smallest absolute Gasteiger partial charge is 0.340 e. The lowest BCUT2D eigenvalue weighted by atomic mass is 9.77. The lowest BCUT2D eigenvalue weighted by molar-refractivity contribution is 0.0226. The van der Waals surface area contributed by atoms with E-state index in [-0.39, 0.29) is 0 Å². The second-order valence-corrected chi connectivity index (χ2v) is 7.91. The van der Waals surface area contributed by atoms with Crippen LogP contribution in [0.4, 0.5) is 11.4 Å². The molecule has 2 aliphatic heterocycles. The number of rotatable bonds is 2. The predicted octanol–water partition coefficient (Wildman–Crippen LogP) is 6.65. The Labute approximate surface area is 184 Å². The molecule has 6 rings (SSSR count). The second-order valence-electron chi connectivity index (χ2n) is 7.50. The third kappa shape index (κ3) is 2.52. The summed E-state index contributed by atoms with van der Waals surface area (Å²) in [6.45, 7) is 0. The van der Waals surface area contributed by atoms with E-state index in [0.717, 1.165) is 16.8 Å². The molecule has 0 bridgehead atoms. The molecule has 4 nitrogen and oxygen atoms in total. The Balaban J connectivity index is 1.70. The van der Waals surface area contributed by atoms with Gasteiger partial charge in [0.1, 0.15) is 11.5 Å². The van der Waals surface area contributed by atoms with E-state index in [1.165, 1.54) is 0 Å². The highest BCUT2D eigenvalue weighted by Crippen LogP contribution is 2.58. The highest BCUT2D eigenvalue weighted by Gasteiger charge is 2.55. The van der Waals surface area contributed by atoms with Crippen molar-refractivity contribution in [3.63, 3.8) is 0 Å². The van der Waals surface area contributed by atoms with Crippen molar-refractivity contribution in [2.24, 2.45) is 0 Å². The van der Waals surface area contributed by atoms with Crippen LogP contribution in [-0.4, -0.2) is 5.97 Å². The van der Waals surface area contributed by atoms with Crippen LogP contribution >= 0.6 is 11.6 Å². The third-order valence-electron chi connectivity index (χ3n) is 5.77. The van der Waals surface area contributed by atoms with Crippen LogP contribution in [0.1, 0.15) is 27.0 Å². The fourth-order valence-electron chi connectivity index (χ4n) is 4.48. The molecule has 1 spiro atoms. The van der Waals surface area contributed by atoms with Crippen molar-refractivity contribution in [3.8, 4) is 11.5 Å². The van der Waals surface area contributed by atoms with Crippen LogP contribution in [0.5, 0.6) is 11.5 Å². The number of esters is 1. The van der Waals surface area contributed by atoms with Gasteiger partial charge in [-0.05, 0) is 36.4 Å². The van der Waals surface area contributed by atoms with Gasteiger partial charge in [0, 0.05) is 22.4 Å². The second kappa shape index (κ2) is 6.62. The molecule has 31 heavy (non-hydrogen) atoms. The molecule has 0 radical (unpaired) electrons. The molecule has 4 aromatic carbocycles. The van der Waals surface area contributed by atoms with Crippen LogP contribution < -0.4 is 10.1 Å². The monoisotopic (exact) mass is 425 g/mol. The Bertz CT molecular complexity index is 1300. The zero-order valence-corrected chi connectivity index (χ0v) is 17.0. The first kappa shape index (κ1) is 18.0. The first-order valence-corrected chi connectivity index (χ1v) is 10.3. The van der Waals surface area contributed by atoms with Crippen LogP contribution in [0.25, 0.3) is 0 Å². The van der Waals surface area contributed by atoms with E-state index in [1.54, 1.807) is 12.1 Å². The zero-order chi connectivity index (χ0) is 21.0. The first-order chi connectivity index (χ1) is 15.2. The summed E-state index contributed by atoms with van der Waals surface area (Å²) < 4.78 is 12.4. The summed E-state index contributed by atoms with van der Waals surface area (Å²) in [6, 6.07) is 28.4. The molecule has 1 N–H and O–H groups in total. The molecule has 0 atom stereocenters. The van der Waals surface area contributed by atoms with Gasteiger partial charge in [-0.1, -0.05) is 66.2 Å². The van der Waals surface area contributed by atoms with Gasteiger partial charge in [-0.3, -0.25) is 0 Å². The maximum absolute atomic E-state index is 13.1. The molecular formula is C26H16ClNO3. The summed E-state index contributed by atoms with van der Waals surface area (Å²) in [5.41, 5.74) is 3.04. The van der Waals surface area contributed by atoms with Crippen molar-refractivity contribution in [3.05, 3.63) is 118 Å². The lowest BCUT2D eigenvalue weighted by Gasteiger charge is -2.37. The van der Waals surface area contributed by atoms with Crippen LogP contribution in [0.15, 0.2) is 91.0 Å². The summed E-state index contributed by atoms with van der Waals surface area (Å²) >= 11 is 6.70. The standard InChI is InChI=1S/C26H16ClNO3/c27-20-15-14-17-23(24(20)28-16-8-2-1-3-9-16)26(31-25(17)29)18-10-4-6-12-21(18)30-22-13-7-5-11-19(22)26/h1-15,28H. The number of carbonyl (C=O) groups excluding carboxylic acids is 1. The minimum atomic E-state index is -1.17. The normalized spacial score (nSPS) is 14.8. The Hall–Kier alpha value is -3.76. The van der Waals surface area contributed by atoms with E-state index in [1.807, 2.05) is 78.9 Å². The molecule has 2 heterocycles. The van der Waals surface area contributed by atoms with Gasteiger partial charge < -0.3 is 14.8 Å². The fourth-order valence-corrected chi connectivity index (χ4v) is 4.69. The quantitative estimate of drug-likeness (QED) is 0.365. The van der Waals surface area contributed by atoms with Crippen molar-refractivity contribution < 1.29 is 14.3 Å². The number of carbonyl (C=O) groups is 1. The van der Waals surface area contributed by atoms with Gasteiger partial charge in [-0.25, -0.2) is 4.79 Å². The fraction of sp³-hybridized carbons (Fsp3) is 0.0385. The third-order valence-corrected chi connectivity index (χ3v) is 6.08. The van der Waals surface area contributed by atoms with Gasteiger partial charge in [0.05, 0.1) is 16.3 Å². The highest BCUT2D eigenvalue weighted by atomic mass is 35.5. The lowest BCUT2D eigenvalue weighted by Crippen LogP contribution is -2.33. The van der Waals surface area contributed by atoms with Gasteiger partial charge in [-0.15, -0.1) is 0 Å². The van der Waals surface area contributed by atoms with Gasteiger partial charge in [0.15, 0.2) is 5.60 Å². The van der Waals surface area contributed by atoms with E-state index >= 15 is 0 Å². The molecule has 0 unspecified atom stereocenters. The minimum absolute atomic E-state index is 0.394. The topological polar surface area (TPSA) is 47.6 Å². The summed E-state index contributed by atoms with van der Waals surface area (Å²) in [5.74, 6) is 0.897. The summed E-state index contributed by atoms with van der Waals surface area (Å²) in [4.78, 5) is 13.1. The largest absolute Gasteiger partial charge is 0.456 e. The number of hydrogen-bond donors (Lipinski definition) is 1. The molecule has 2 aliphatic rings. The molecule has 4 aromatic rings. The number of nitrogens with one attached hydrogen (secondary N) is 1. The molecule has 0 aromatic heterocycles. The molecule has 0 fully saturated rings. The molecule has 0 saturated heterocycles. The zero-order valence-electron chi connectivity index (χ0n) is 16.3. The number of para-hydroxylation sites is 3. The van der Waals surface area contributed by atoms with Crippen molar-refractivity contribution in [2.75, 3.05) is 5.32 Å². The number of benzene rings is 4. The average molecular weight is 426 g/mol. The van der Waals surface area contributed by atoms with Gasteiger partial charge >= 0.3 is 5.97 Å². The molecule has 0 saturated carbocycles. The van der Waals surface area contributed by atoms with Crippen LogP contribution in [-0.2, 0) is 10.3 Å². The molecular weight excluding hydrogens is 410 g/mol. The Morgan fingerprint density at radius 3 is 2.03 bits per heavy atom. The molecule has 0 amide bonds. The molecule has 150 valence electrons. The van der Waals surface area contributed by atoms with Crippen LogP contribution in [0, 0.1) is 0 Å². The number of fused-ring (bicyclic) bond motifs is 6. The van der Waals surface area contributed by atoms with E-state index in [0.29, 0.717) is 33.3 Å².